The van der Waals surface area contributed by atoms with Crippen LogP contribution in [0.5, 0.6) is 0 Å². The Morgan fingerprint density at radius 1 is 1.18 bits per heavy atom. The van der Waals surface area contributed by atoms with E-state index in [0.29, 0.717) is 50.8 Å². The standard InChI is InChI=1S/C27H35F3N2O6/c1-16(37-14-26-9-5-20(6-10-26)38-15-26)23(31-17(2)33)24(34)32-11-7-18(8-12-32)19-3-4-21(25(35)36)22(13-19)27(28,29)30/h3-4,13,16,18,20,23H,5-12,14-15H2,1-2H3,(H,31,33)(H,35,36)/t16-,20?,23+,26?/m1/s1. The van der Waals surface area contributed by atoms with E-state index in [-0.39, 0.29) is 23.1 Å². The summed E-state index contributed by atoms with van der Waals surface area (Å²) in [7, 11) is 0. The maximum absolute atomic E-state index is 13.5. The molecule has 1 saturated carbocycles. The third-order valence-electron chi connectivity index (χ3n) is 8.22. The van der Waals surface area contributed by atoms with Crippen molar-refractivity contribution >= 4 is 17.8 Å². The van der Waals surface area contributed by atoms with Gasteiger partial charge in [0.05, 0.1) is 36.5 Å². The zero-order chi connectivity index (χ0) is 27.7. The zero-order valence-corrected chi connectivity index (χ0v) is 21.7. The first-order valence-electron chi connectivity index (χ1n) is 13.1. The number of rotatable bonds is 8. The van der Waals surface area contributed by atoms with E-state index in [9.17, 15) is 27.6 Å². The van der Waals surface area contributed by atoms with Crippen LogP contribution in [0.2, 0.25) is 0 Å². The first-order valence-corrected chi connectivity index (χ1v) is 13.1. The molecule has 0 aromatic heterocycles. The average molecular weight is 541 g/mol. The second-order valence-electron chi connectivity index (χ2n) is 10.9. The Balaban J connectivity index is 1.39. The molecule has 8 nitrogen and oxygen atoms in total. The summed E-state index contributed by atoms with van der Waals surface area (Å²) in [6.07, 6.45) is -0.158. The summed E-state index contributed by atoms with van der Waals surface area (Å²) >= 11 is 0. The highest BCUT2D eigenvalue weighted by atomic mass is 19.4. The third kappa shape index (κ3) is 6.31. The van der Waals surface area contributed by atoms with Crippen LogP contribution in [0, 0.1) is 5.41 Å². The van der Waals surface area contributed by atoms with E-state index in [4.69, 9.17) is 14.6 Å². The molecule has 4 fully saturated rings. The van der Waals surface area contributed by atoms with E-state index in [0.717, 1.165) is 37.8 Å². The van der Waals surface area contributed by atoms with Crippen molar-refractivity contribution in [3.05, 3.63) is 34.9 Å². The van der Waals surface area contributed by atoms with Gasteiger partial charge < -0.3 is 24.8 Å². The number of halogens is 3. The molecule has 3 aliphatic heterocycles. The Kier molecular flexibility index (Phi) is 8.37. The molecule has 1 aromatic carbocycles. The van der Waals surface area contributed by atoms with Gasteiger partial charge in [0.2, 0.25) is 11.8 Å². The van der Waals surface area contributed by atoms with E-state index in [1.807, 2.05) is 0 Å². The Morgan fingerprint density at radius 2 is 1.84 bits per heavy atom. The minimum atomic E-state index is -4.79. The molecule has 0 radical (unpaired) electrons. The number of likely N-dealkylation sites (tertiary alicyclic amines) is 1. The third-order valence-corrected chi connectivity index (χ3v) is 8.22. The van der Waals surface area contributed by atoms with Gasteiger partial charge >= 0.3 is 12.1 Å². The summed E-state index contributed by atoms with van der Waals surface area (Å²) in [4.78, 5) is 38.2. The van der Waals surface area contributed by atoms with Crippen molar-refractivity contribution in [2.75, 3.05) is 26.3 Å². The monoisotopic (exact) mass is 540 g/mol. The fraction of sp³-hybridized carbons (Fsp3) is 0.667. The predicted molar refractivity (Wildman–Crippen MR) is 131 cm³/mol. The number of hydrogen-bond acceptors (Lipinski definition) is 5. The molecule has 210 valence electrons. The molecule has 2 N–H and O–H groups in total. The fourth-order valence-electron chi connectivity index (χ4n) is 5.87. The number of benzene rings is 1. The molecule has 1 aliphatic carbocycles. The van der Waals surface area contributed by atoms with Crippen molar-refractivity contribution in [2.45, 2.75) is 82.7 Å². The van der Waals surface area contributed by atoms with Gasteiger partial charge in [-0.1, -0.05) is 6.07 Å². The number of carbonyl (C=O) groups is 3. The van der Waals surface area contributed by atoms with E-state index in [1.165, 1.54) is 13.0 Å². The SMILES string of the molecule is CC(=O)N[C@H](C(=O)N1CCC(c2ccc(C(=O)O)c(C(F)(F)F)c2)CC1)[C@@H](C)OCC12CCC(CC1)OC2. The van der Waals surface area contributed by atoms with Crippen LogP contribution in [0.3, 0.4) is 0 Å². The Morgan fingerprint density at radius 3 is 2.37 bits per heavy atom. The number of nitrogens with one attached hydrogen (secondary N) is 1. The normalized spacial score (nSPS) is 25.6. The van der Waals surface area contributed by atoms with Gasteiger partial charge in [-0.2, -0.15) is 13.2 Å². The maximum Gasteiger partial charge on any atom is 0.417 e. The number of carbonyl (C=O) groups excluding carboxylic acids is 2. The quantitative estimate of drug-likeness (QED) is 0.517. The summed E-state index contributed by atoms with van der Waals surface area (Å²) in [6.45, 7) is 4.79. The van der Waals surface area contributed by atoms with Gasteiger partial charge in [0, 0.05) is 25.4 Å². The topological polar surface area (TPSA) is 105 Å². The molecular weight excluding hydrogens is 505 g/mol. The molecule has 3 heterocycles. The van der Waals surface area contributed by atoms with Gasteiger partial charge in [0.15, 0.2) is 0 Å². The number of aromatic carboxylic acids is 1. The first kappa shape index (κ1) is 28.4. The lowest BCUT2D eigenvalue weighted by Gasteiger charge is -2.46. The van der Waals surface area contributed by atoms with Crippen LogP contribution in [0.25, 0.3) is 0 Å². The van der Waals surface area contributed by atoms with Crippen molar-refractivity contribution in [3.63, 3.8) is 0 Å². The number of nitrogens with zero attached hydrogens (tertiary/aromatic N) is 1. The molecule has 3 saturated heterocycles. The van der Waals surface area contributed by atoms with Gasteiger partial charge in [-0.15, -0.1) is 0 Å². The number of alkyl halides is 3. The first-order chi connectivity index (χ1) is 17.9. The van der Waals surface area contributed by atoms with Crippen LogP contribution in [0.15, 0.2) is 18.2 Å². The highest BCUT2D eigenvalue weighted by Gasteiger charge is 2.43. The molecule has 1 aromatic rings. The molecule has 0 unspecified atom stereocenters. The van der Waals surface area contributed by atoms with E-state index >= 15 is 0 Å². The Labute approximate surface area is 219 Å². The maximum atomic E-state index is 13.5. The van der Waals surface area contributed by atoms with Crippen LogP contribution in [-0.2, 0) is 25.2 Å². The van der Waals surface area contributed by atoms with Crippen molar-refractivity contribution < 1.29 is 42.1 Å². The minimum absolute atomic E-state index is 0.0589. The molecule has 38 heavy (non-hydrogen) atoms. The largest absolute Gasteiger partial charge is 0.478 e. The number of piperidine rings is 1. The number of ether oxygens (including phenoxy) is 2. The summed E-state index contributed by atoms with van der Waals surface area (Å²) in [5.41, 5.74) is -1.62. The predicted octanol–water partition coefficient (Wildman–Crippen LogP) is 3.98. The van der Waals surface area contributed by atoms with Crippen LogP contribution in [-0.4, -0.2) is 72.3 Å². The van der Waals surface area contributed by atoms with Gasteiger partial charge in [0.1, 0.15) is 6.04 Å². The lowest BCUT2D eigenvalue weighted by atomic mass is 9.72. The molecule has 5 rings (SSSR count). The molecule has 2 amide bonds. The van der Waals surface area contributed by atoms with Crippen molar-refractivity contribution in [2.24, 2.45) is 5.41 Å². The molecular formula is C27H35F3N2O6. The summed E-state index contributed by atoms with van der Waals surface area (Å²) in [6, 6.07) is 2.43. The smallest absolute Gasteiger partial charge is 0.417 e. The fourth-order valence-corrected chi connectivity index (χ4v) is 5.87. The number of hydrogen-bond donors (Lipinski definition) is 2. The Hall–Kier alpha value is -2.66. The second-order valence-corrected chi connectivity index (χ2v) is 10.9. The van der Waals surface area contributed by atoms with Crippen LogP contribution in [0.4, 0.5) is 13.2 Å². The van der Waals surface area contributed by atoms with Crippen molar-refractivity contribution in [3.8, 4) is 0 Å². The van der Waals surface area contributed by atoms with Crippen LogP contribution in [0.1, 0.15) is 79.8 Å². The number of carboxylic acid groups (broad SMARTS) is 1. The number of carboxylic acids is 1. The molecule has 4 aliphatic rings. The zero-order valence-electron chi connectivity index (χ0n) is 21.7. The Bertz CT molecular complexity index is 1030. The second kappa shape index (κ2) is 11.2. The lowest BCUT2D eigenvalue weighted by molar-refractivity contribution is -0.157. The molecule has 11 heteroatoms. The van der Waals surface area contributed by atoms with Gasteiger partial charge in [-0.05, 0) is 69.1 Å². The molecule has 0 spiro atoms. The number of fused-ring (bicyclic) bond motifs is 3. The van der Waals surface area contributed by atoms with Gasteiger partial charge in [0.25, 0.3) is 0 Å². The minimum Gasteiger partial charge on any atom is -0.478 e. The van der Waals surface area contributed by atoms with E-state index in [1.54, 1.807) is 11.8 Å². The molecule has 2 atom stereocenters. The van der Waals surface area contributed by atoms with Gasteiger partial charge in [-0.3, -0.25) is 9.59 Å². The van der Waals surface area contributed by atoms with Crippen LogP contribution < -0.4 is 5.32 Å². The molecule has 2 bridgehead atoms. The van der Waals surface area contributed by atoms with Crippen LogP contribution >= 0.6 is 0 Å². The van der Waals surface area contributed by atoms with E-state index in [2.05, 4.69) is 5.32 Å². The highest BCUT2D eigenvalue weighted by molar-refractivity contribution is 5.90. The number of amides is 2. The lowest BCUT2D eigenvalue weighted by Crippen LogP contribution is -2.56. The van der Waals surface area contributed by atoms with Crippen molar-refractivity contribution in [1.82, 2.24) is 10.2 Å². The summed E-state index contributed by atoms with van der Waals surface area (Å²) in [5, 5.41) is 11.9. The summed E-state index contributed by atoms with van der Waals surface area (Å²) < 4.78 is 52.4. The summed E-state index contributed by atoms with van der Waals surface area (Å²) in [5.74, 6) is -2.53. The van der Waals surface area contributed by atoms with Gasteiger partial charge in [-0.25, -0.2) is 4.79 Å². The van der Waals surface area contributed by atoms with E-state index < -0.39 is 35.4 Å². The highest BCUT2D eigenvalue weighted by Crippen LogP contribution is 2.43. The van der Waals surface area contributed by atoms with Crippen molar-refractivity contribution in [1.29, 1.82) is 0 Å². The average Bonchev–Trinajstić information content (AvgIpc) is 2.90.